The monoisotopic (exact) mass is 313 g/mol. The van der Waals surface area contributed by atoms with Gasteiger partial charge in [-0.05, 0) is 86.5 Å². The highest BCUT2D eigenvalue weighted by atomic mass is 16.1. The Bertz CT molecular complexity index is 591. The summed E-state index contributed by atoms with van der Waals surface area (Å²) in [6, 6.07) is 0. The average Bonchev–Trinajstić information content (AvgIpc) is 2.85. The van der Waals surface area contributed by atoms with Gasteiger partial charge in [0.05, 0.1) is 0 Å². The summed E-state index contributed by atoms with van der Waals surface area (Å²) >= 11 is 0. The van der Waals surface area contributed by atoms with E-state index in [1.165, 1.54) is 37.7 Å². The van der Waals surface area contributed by atoms with Crippen LogP contribution in [0.5, 0.6) is 0 Å². The molecule has 3 unspecified atom stereocenters. The SMILES string of the molecule is CC(=N)[C@H]1CCC2C3CCC4=CC(=O)CC[C@]4(C)C3CC[C@@]21C. The van der Waals surface area contributed by atoms with Crippen LogP contribution < -0.4 is 0 Å². The molecular weight excluding hydrogens is 282 g/mol. The van der Waals surface area contributed by atoms with Crippen molar-refractivity contribution in [1.82, 2.24) is 0 Å². The predicted molar refractivity (Wildman–Crippen MR) is 93.6 cm³/mol. The molecule has 0 heterocycles. The second-order valence-electron chi connectivity index (χ2n) is 9.33. The number of carbonyl (C=O) groups excluding carboxylic acids is 1. The standard InChI is InChI=1S/C21H31NO/c1-13(22)17-6-7-18-16-5-4-14-12-15(23)8-10-20(14,2)19(16)9-11-21(17,18)3/h12,16-19,22H,4-11H2,1-3H3/t16?,17-,18?,19?,20+,21-/m1/s1. The van der Waals surface area contributed by atoms with Crippen LogP contribution in [0.15, 0.2) is 11.6 Å². The van der Waals surface area contributed by atoms with E-state index in [0.29, 0.717) is 17.1 Å². The highest BCUT2D eigenvalue weighted by Gasteiger charge is 2.59. The number of fused-ring (bicyclic) bond motifs is 5. The van der Waals surface area contributed by atoms with Gasteiger partial charge in [0.1, 0.15) is 0 Å². The fourth-order valence-electron chi connectivity index (χ4n) is 7.27. The fraction of sp³-hybridized carbons (Fsp3) is 0.810. The lowest BCUT2D eigenvalue weighted by molar-refractivity contribution is -0.117. The molecule has 0 radical (unpaired) electrons. The second kappa shape index (κ2) is 5.04. The molecule has 6 atom stereocenters. The van der Waals surface area contributed by atoms with E-state index in [9.17, 15) is 4.79 Å². The van der Waals surface area contributed by atoms with Crippen LogP contribution in [0.4, 0.5) is 0 Å². The zero-order valence-electron chi connectivity index (χ0n) is 15.0. The molecule has 4 rings (SSSR count). The Kier molecular flexibility index (Phi) is 3.42. The molecule has 0 aromatic carbocycles. The third-order valence-corrected chi connectivity index (χ3v) is 8.48. The van der Waals surface area contributed by atoms with Crippen molar-refractivity contribution in [3.8, 4) is 0 Å². The van der Waals surface area contributed by atoms with Crippen LogP contribution in [-0.2, 0) is 4.79 Å². The Morgan fingerprint density at radius 3 is 2.61 bits per heavy atom. The molecular formula is C21H31NO. The first-order valence-electron chi connectivity index (χ1n) is 9.65. The minimum absolute atomic E-state index is 0.288. The summed E-state index contributed by atoms with van der Waals surface area (Å²) in [6.45, 7) is 6.97. The number of carbonyl (C=O) groups is 1. The van der Waals surface area contributed by atoms with Crippen molar-refractivity contribution in [3.63, 3.8) is 0 Å². The zero-order valence-corrected chi connectivity index (χ0v) is 15.0. The molecule has 4 aliphatic carbocycles. The van der Waals surface area contributed by atoms with E-state index in [0.717, 1.165) is 42.7 Å². The van der Waals surface area contributed by atoms with Crippen LogP contribution in [0.1, 0.15) is 72.1 Å². The van der Waals surface area contributed by atoms with Crippen molar-refractivity contribution in [2.24, 2.45) is 34.5 Å². The van der Waals surface area contributed by atoms with E-state index in [1.807, 2.05) is 13.0 Å². The van der Waals surface area contributed by atoms with Crippen molar-refractivity contribution >= 4 is 11.5 Å². The summed E-state index contributed by atoms with van der Waals surface area (Å²) in [5.74, 6) is 3.29. The Labute approximate surface area is 140 Å². The number of hydrogen-bond acceptors (Lipinski definition) is 2. The second-order valence-corrected chi connectivity index (χ2v) is 9.33. The summed E-state index contributed by atoms with van der Waals surface area (Å²) in [7, 11) is 0. The van der Waals surface area contributed by atoms with Gasteiger partial charge in [0.2, 0.25) is 0 Å². The van der Waals surface area contributed by atoms with E-state index >= 15 is 0 Å². The molecule has 0 amide bonds. The van der Waals surface area contributed by atoms with Gasteiger partial charge in [-0.2, -0.15) is 0 Å². The molecule has 0 aromatic rings. The molecule has 4 aliphatic rings. The van der Waals surface area contributed by atoms with Crippen molar-refractivity contribution in [3.05, 3.63) is 11.6 Å². The van der Waals surface area contributed by atoms with Crippen molar-refractivity contribution < 1.29 is 4.79 Å². The van der Waals surface area contributed by atoms with Gasteiger partial charge in [-0.3, -0.25) is 4.79 Å². The van der Waals surface area contributed by atoms with Gasteiger partial charge >= 0.3 is 0 Å². The van der Waals surface area contributed by atoms with Gasteiger partial charge in [-0.25, -0.2) is 0 Å². The highest BCUT2D eigenvalue weighted by Crippen LogP contribution is 2.66. The van der Waals surface area contributed by atoms with Crippen molar-refractivity contribution in [2.75, 3.05) is 0 Å². The quantitative estimate of drug-likeness (QED) is 0.666. The van der Waals surface area contributed by atoms with Gasteiger partial charge in [0, 0.05) is 18.1 Å². The van der Waals surface area contributed by atoms with Gasteiger partial charge in [0.25, 0.3) is 0 Å². The van der Waals surface area contributed by atoms with Gasteiger partial charge in [0.15, 0.2) is 5.78 Å². The maximum Gasteiger partial charge on any atom is 0.155 e. The largest absolute Gasteiger partial charge is 0.310 e. The van der Waals surface area contributed by atoms with Gasteiger partial charge in [-0.1, -0.05) is 19.4 Å². The Hall–Kier alpha value is -0.920. The molecule has 0 aliphatic heterocycles. The molecule has 0 aromatic heterocycles. The van der Waals surface area contributed by atoms with E-state index in [2.05, 4.69) is 13.8 Å². The Morgan fingerprint density at radius 2 is 1.87 bits per heavy atom. The third-order valence-electron chi connectivity index (χ3n) is 8.48. The molecule has 23 heavy (non-hydrogen) atoms. The van der Waals surface area contributed by atoms with E-state index in [1.54, 1.807) is 0 Å². The molecule has 1 N–H and O–H groups in total. The zero-order chi connectivity index (χ0) is 16.4. The smallest absolute Gasteiger partial charge is 0.155 e. The number of hydrogen-bond donors (Lipinski definition) is 1. The summed E-state index contributed by atoms with van der Waals surface area (Å²) in [5, 5.41) is 8.23. The number of allylic oxidation sites excluding steroid dienone is 1. The van der Waals surface area contributed by atoms with E-state index in [-0.39, 0.29) is 5.41 Å². The fourth-order valence-corrected chi connectivity index (χ4v) is 7.27. The molecule has 3 saturated carbocycles. The molecule has 3 fully saturated rings. The van der Waals surface area contributed by atoms with Gasteiger partial charge < -0.3 is 5.41 Å². The molecule has 2 heteroatoms. The maximum atomic E-state index is 11.9. The molecule has 2 nitrogen and oxygen atoms in total. The number of rotatable bonds is 1. The van der Waals surface area contributed by atoms with Crippen molar-refractivity contribution in [1.29, 1.82) is 5.41 Å². The minimum Gasteiger partial charge on any atom is -0.310 e. The van der Waals surface area contributed by atoms with Crippen LogP contribution in [0.3, 0.4) is 0 Å². The topological polar surface area (TPSA) is 40.9 Å². The number of nitrogens with one attached hydrogen (secondary N) is 1. The minimum atomic E-state index is 0.288. The number of ketones is 1. The first-order valence-corrected chi connectivity index (χ1v) is 9.65. The van der Waals surface area contributed by atoms with E-state index < -0.39 is 0 Å². The third kappa shape index (κ3) is 2.06. The normalized spacial score (nSPS) is 49.0. The molecule has 0 bridgehead atoms. The lowest BCUT2D eigenvalue weighted by Crippen LogP contribution is -2.51. The first kappa shape index (κ1) is 15.6. The van der Waals surface area contributed by atoms with Crippen LogP contribution >= 0.6 is 0 Å². The van der Waals surface area contributed by atoms with Crippen LogP contribution in [0.25, 0.3) is 0 Å². The van der Waals surface area contributed by atoms with Crippen LogP contribution in [0.2, 0.25) is 0 Å². The van der Waals surface area contributed by atoms with E-state index in [4.69, 9.17) is 5.41 Å². The molecule has 0 spiro atoms. The predicted octanol–water partition coefficient (Wildman–Crippen LogP) is 5.17. The first-order chi connectivity index (χ1) is 10.9. The van der Waals surface area contributed by atoms with Crippen molar-refractivity contribution in [2.45, 2.75) is 72.1 Å². The lowest BCUT2D eigenvalue weighted by atomic mass is 9.46. The van der Waals surface area contributed by atoms with Gasteiger partial charge in [-0.15, -0.1) is 0 Å². The highest BCUT2D eigenvalue weighted by molar-refractivity contribution is 5.91. The Morgan fingerprint density at radius 1 is 1.09 bits per heavy atom. The summed E-state index contributed by atoms with van der Waals surface area (Å²) < 4.78 is 0. The average molecular weight is 313 g/mol. The Balaban J connectivity index is 1.67. The maximum absolute atomic E-state index is 11.9. The lowest BCUT2D eigenvalue weighted by Gasteiger charge is -2.58. The summed E-state index contributed by atoms with van der Waals surface area (Å²) in [5.41, 5.74) is 3.04. The summed E-state index contributed by atoms with van der Waals surface area (Å²) in [6.07, 6.45) is 11.4. The molecule has 0 saturated heterocycles. The summed E-state index contributed by atoms with van der Waals surface area (Å²) in [4.78, 5) is 11.9. The van der Waals surface area contributed by atoms with Crippen LogP contribution in [-0.4, -0.2) is 11.5 Å². The van der Waals surface area contributed by atoms with Crippen LogP contribution in [0, 0.1) is 39.9 Å². The molecule has 126 valence electrons.